The third-order valence-corrected chi connectivity index (χ3v) is 5.20. The lowest BCUT2D eigenvalue weighted by Crippen LogP contribution is -2.19. The lowest BCUT2D eigenvalue weighted by atomic mass is 9.96. The van der Waals surface area contributed by atoms with Crippen molar-refractivity contribution in [2.75, 3.05) is 0 Å². The van der Waals surface area contributed by atoms with Crippen molar-refractivity contribution < 1.29 is 13.2 Å². The Morgan fingerprint density at radius 2 is 1.79 bits per heavy atom. The van der Waals surface area contributed by atoms with Crippen LogP contribution in [-0.4, -0.2) is 20.9 Å². The molecule has 0 bridgehead atoms. The van der Waals surface area contributed by atoms with Crippen LogP contribution in [0.25, 0.3) is 11.8 Å². The lowest BCUT2D eigenvalue weighted by molar-refractivity contribution is -0.139. The van der Waals surface area contributed by atoms with Crippen molar-refractivity contribution in [2.24, 2.45) is 0 Å². The summed E-state index contributed by atoms with van der Waals surface area (Å²) < 4.78 is 42.3. The summed E-state index contributed by atoms with van der Waals surface area (Å²) in [5.41, 5.74) is 0.961. The summed E-state index contributed by atoms with van der Waals surface area (Å²) in [5, 5.41) is 13.2. The summed E-state index contributed by atoms with van der Waals surface area (Å²) in [4.78, 5) is 3.81. The van der Waals surface area contributed by atoms with Crippen LogP contribution in [0.4, 0.5) is 13.2 Å². The van der Waals surface area contributed by atoms with Crippen molar-refractivity contribution in [1.82, 2.24) is 14.8 Å². The van der Waals surface area contributed by atoms with Gasteiger partial charge in [-0.15, -0.1) is 0 Å². The van der Waals surface area contributed by atoms with E-state index in [0.29, 0.717) is 11.3 Å². The number of alkyl halides is 3. The molecule has 1 unspecified atom stereocenters. The molecule has 10 heteroatoms. The average molecular weight is 458 g/mol. The first kappa shape index (κ1) is 21.2. The van der Waals surface area contributed by atoms with Gasteiger partial charge in [0.2, 0.25) is 0 Å². The minimum absolute atomic E-state index is 0.00986. The third-order valence-electron chi connectivity index (χ3n) is 4.01. The predicted molar refractivity (Wildman–Crippen MR) is 105 cm³/mol. The smallest absolute Gasteiger partial charge is 0.223 e. The van der Waals surface area contributed by atoms with Gasteiger partial charge in [0.05, 0.1) is 32.2 Å². The molecular formula is C19H10Cl3F3N4. The zero-order chi connectivity index (χ0) is 21.2. The molecule has 4 nitrogen and oxygen atoms in total. The molecule has 0 aliphatic heterocycles. The zero-order valence-corrected chi connectivity index (χ0v) is 16.6. The second-order valence-electron chi connectivity index (χ2n) is 5.91. The highest BCUT2D eigenvalue weighted by Crippen LogP contribution is 2.41. The molecule has 1 aromatic heterocycles. The van der Waals surface area contributed by atoms with E-state index in [1.165, 1.54) is 29.5 Å². The molecule has 1 atom stereocenters. The maximum atomic E-state index is 13.6. The molecule has 2 aromatic carbocycles. The Balaban J connectivity index is 1.98. The number of nitriles is 1. The van der Waals surface area contributed by atoms with Crippen LogP contribution < -0.4 is 0 Å². The zero-order valence-electron chi connectivity index (χ0n) is 14.3. The second kappa shape index (κ2) is 8.46. The van der Waals surface area contributed by atoms with Crippen LogP contribution in [0.15, 0.2) is 49.1 Å². The molecule has 3 rings (SSSR count). The fraction of sp³-hybridized carbons (Fsp3) is 0.105. The predicted octanol–water partition coefficient (Wildman–Crippen LogP) is 6.46. The average Bonchev–Trinajstić information content (AvgIpc) is 3.19. The third kappa shape index (κ3) is 4.73. The van der Waals surface area contributed by atoms with Gasteiger partial charge >= 0.3 is 6.18 Å². The van der Waals surface area contributed by atoms with Gasteiger partial charge < -0.3 is 0 Å². The Hall–Kier alpha value is -2.53. The van der Waals surface area contributed by atoms with E-state index in [4.69, 9.17) is 34.8 Å². The van der Waals surface area contributed by atoms with E-state index in [2.05, 4.69) is 10.1 Å². The van der Waals surface area contributed by atoms with Crippen LogP contribution in [0.1, 0.15) is 22.6 Å². The first-order valence-corrected chi connectivity index (χ1v) is 9.12. The lowest BCUT2D eigenvalue weighted by Gasteiger charge is -2.18. The number of hydrogen-bond acceptors (Lipinski definition) is 3. The number of rotatable bonds is 4. The van der Waals surface area contributed by atoms with E-state index in [0.717, 1.165) is 18.2 Å². The van der Waals surface area contributed by atoms with Gasteiger partial charge in [0.1, 0.15) is 18.7 Å². The van der Waals surface area contributed by atoms with Gasteiger partial charge in [-0.1, -0.05) is 53.0 Å². The van der Waals surface area contributed by atoms with Gasteiger partial charge in [-0.25, -0.2) is 9.67 Å². The molecular weight excluding hydrogens is 448 g/mol. The molecule has 0 aliphatic rings. The van der Waals surface area contributed by atoms with Crippen LogP contribution >= 0.6 is 34.8 Å². The van der Waals surface area contributed by atoms with E-state index < -0.39 is 12.1 Å². The first-order valence-electron chi connectivity index (χ1n) is 7.99. The Morgan fingerprint density at radius 3 is 2.34 bits per heavy atom. The van der Waals surface area contributed by atoms with Crippen molar-refractivity contribution in [3.05, 3.63) is 80.8 Å². The fourth-order valence-corrected chi connectivity index (χ4v) is 3.26. The Morgan fingerprint density at radius 1 is 1.10 bits per heavy atom. The van der Waals surface area contributed by atoms with Gasteiger partial charge in [0.25, 0.3) is 0 Å². The fourth-order valence-electron chi connectivity index (χ4n) is 2.65. The van der Waals surface area contributed by atoms with E-state index in [1.54, 1.807) is 12.1 Å². The van der Waals surface area contributed by atoms with Crippen LogP contribution in [0.3, 0.4) is 0 Å². The number of allylic oxidation sites excluding steroid dienone is 1. The van der Waals surface area contributed by atoms with Crippen LogP contribution in [0.5, 0.6) is 0 Å². The summed E-state index contributed by atoms with van der Waals surface area (Å²) in [7, 11) is 0. The molecule has 3 aromatic rings. The minimum Gasteiger partial charge on any atom is -0.223 e. The van der Waals surface area contributed by atoms with Gasteiger partial charge in [0.15, 0.2) is 0 Å². The van der Waals surface area contributed by atoms with E-state index in [9.17, 15) is 18.4 Å². The monoisotopic (exact) mass is 456 g/mol. The van der Waals surface area contributed by atoms with Crippen molar-refractivity contribution in [1.29, 1.82) is 5.26 Å². The molecule has 0 aliphatic carbocycles. The quantitative estimate of drug-likeness (QED) is 0.423. The number of hydrogen-bond donors (Lipinski definition) is 0. The van der Waals surface area contributed by atoms with Gasteiger partial charge in [-0.05, 0) is 35.4 Å². The van der Waals surface area contributed by atoms with E-state index in [1.807, 2.05) is 6.07 Å². The maximum Gasteiger partial charge on any atom is 0.399 e. The molecule has 0 saturated heterocycles. The number of halogens is 6. The summed E-state index contributed by atoms with van der Waals surface area (Å²) in [6.07, 6.45) is 0.391. The molecule has 0 spiro atoms. The minimum atomic E-state index is -4.59. The highest BCUT2D eigenvalue weighted by Gasteiger charge is 2.39. The number of benzene rings is 2. The Labute approximate surface area is 178 Å². The summed E-state index contributed by atoms with van der Waals surface area (Å²) in [5.74, 6) is -1.96. The molecule has 0 N–H and O–H groups in total. The van der Waals surface area contributed by atoms with Crippen LogP contribution in [0.2, 0.25) is 15.1 Å². The standard InChI is InChI=1S/C19H10Cl3F3N4/c20-15-6-12(7-16(21)18(15)22)14(19(23,24)25)3-1-11-2-4-17(13(5-11)8-26)29-10-27-9-28-29/h1-7,9-10,14H. The highest BCUT2D eigenvalue weighted by molar-refractivity contribution is 6.48. The van der Waals surface area contributed by atoms with Gasteiger partial charge in [-0.3, -0.25) is 0 Å². The van der Waals surface area contributed by atoms with Crippen LogP contribution in [0, 0.1) is 11.3 Å². The second-order valence-corrected chi connectivity index (χ2v) is 7.10. The van der Waals surface area contributed by atoms with Crippen molar-refractivity contribution in [3.8, 4) is 11.8 Å². The topological polar surface area (TPSA) is 54.5 Å². The SMILES string of the molecule is N#Cc1cc(C=CC(c2cc(Cl)c(Cl)c(Cl)c2)C(F)(F)F)ccc1-n1cncn1. The van der Waals surface area contributed by atoms with Crippen molar-refractivity contribution in [3.63, 3.8) is 0 Å². The number of aromatic nitrogens is 3. The molecule has 0 saturated carbocycles. The van der Waals surface area contributed by atoms with Gasteiger partial charge in [0, 0.05) is 0 Å². The summed E-state index contributed by atoms with van der Waals surface area (Å²) in [6.45, 7) is 0. The maximum absolute atomic E-state index is 13.6. The van der Waals surface area contributed by atoms with E-state index in [-0.39, 0.29) is 26.2 Å². The molecule has 0 fully saturated rings. The van der Waals surface area contributed by atoms with Gasteiger partial charge in [-0.2, -0.15) is 23.5 Å². The van der Waals surface area contributed by atoms with Crippen molar-refractivity contribution in [2.45, 2.75) is 12.1 Å². The Bertz CT molecular complexity index is 1080. The molecule has 1 heterocycles. The molecule has 148 valence electrons. The normalized spacial score (nSPS) is 12.9. The summed E-state index contributed by atoms with van der Waals surface area (Å²) >= 11 is 17.6. The summed E-state index contributed by atoms with van der Waals surface area (Å²) in [6, 6.07) is 8.87. The van der Waals surface area contributed by atoms with Crippen molar-refractivity contribution >= 4 is 40.9 Å². The van der Waals surface area contributed by atoms with Crippen LogP contribution in [-0.2, 0) is 0 Å². The molecule has 0 radical (unpaired) electrons. The molecule has 29 heavy (non-hydrogen) atoms. The largest absolute Gasteiger partial charge is 0.399 e. The Kier molecular flexibility index (Phi) is 6.18. The first-order chi connectivity index (χ1) is 13.7. The van der Waals surface area contributed by atoms with E-state index >= 15 is 0 Å². The molecule has 0 amide bonds. The number of nitrogens with zero attached hydrogens (tertiary/aromatic N) is 4. The highest BCUT2D eigenvalue weighted by atomic mass is 35.5.